The maximum Gasteiger partial charge on any atom is 0.305 e. The second-order valence-corrected chi connectivity index (χ2v) is 7.31. The molecule has 1 aromatic carbocycles. The summed E-state index contributed by atoms with van der Waals surface area (Å²) in [6, 6.07) is 9.90. The second kappa shape index (κ2) is 10.2. The molecule has 0 bridgehead atoms. The maximum absolute atomic E-state index is 13.0. The van der Waals surface area contributed by atoms with Crippen LogP contribution in [0.15, 0.2) is 52.6 Å². The van der Waals surface area contributed by atoms with Crippen LogP contribution in [0.25, 0.3) is 0 Å². The molecule has 1 aliphatic rings. The standard InChI is InChI=1S/C24H30O4/c1-5-28-21(25)15-11-7-10-14-20(19-12-8-6-9-13-19)22-18(4)23(26)16(2)17(3)24(22)27/h6,8-9,12-13,20H,5,7,10-11,14-15H2,1-4H3. The quantitative estimate of drug-likeness (QED) is 0.339. The zero-order chi connectivity index (χ0) is 20.7. The topological polar surface area (TPSA) is 60.4 Å². The Balaban J connectivity index is 2.17. The lowest BCUT2D eigenvalue weighted by Crippen LogP contribution is -2.24. The smallest absolute Gasteiger partial charge is 0.305 e. The minimum atomic E-state index is -0.162. The van der Waals surface area contributed by atoms with Gasteiger partial charge in [-0.25, -0.2) is 0 Å². The number of unbranched alkanes of at least 4 members (excludes halogenated alkanes) is 2. The van der Waals surface area contributed by atoms with E-state index in [1.807, 2.05) is 30.3 Å². The lowest BCUT2D eigenvalue weighted by molar-refractivity contribution is -0.143. The van der Waals surface area contributed by atoms with Gasteiger partial charge >= 0.3 is 5.97 Å². The summed E-state index contributed by atoms with van der Waals surface area (Å²) in [6.45, 7) is 7.44. The summed E-state index contributed by atoms with van der Waals surface area (Å²) in [6.07, 6.45) is 3.71. The van der Waals surface area contributed by atoms with Crippen LogP contribution in [-0.2, 0) is 19.1 Å². The van der Waals surface area contributed by atoms with Gasteiger partial charge in [-0.05, 0) is 46.1 Å². The molecule has 0 fully saturated rings. The highest BCUT2D eigenvalue weighted by molar-refractivity contribution is 6.25. The number of benzene rings is 1. The van der Waals surface area contributed by atoms with Crippen molar-refractivity contribution < 1.29 is 19.1 Å². The van der Waals surface area contributed by atoms with Gasteiger partial charge in [0.2, 0.25) is 0 Å². The number of Topliss-reactive ketones (excluding diaryl/α,β-unsaturated/α-hetero) is 2. The summed E-state index contributed by atoms with van der Waals surface area (Å²) < 4.78 is 4.96. The Kier molecular flexibility index (Phi) is 7.91. The molecule has 1 aromatic rings. The molecule has 1 unspecified atom stereocenters. The SMILES string of the molecule is CCOC(=O)CCCCCC(C1=C(C)C(=O)C(C)=C(C)C1=O)c1ccccc1. The molecule has 4 nitrogen and oxygen atoms in total. The molecular formula is C24H30O4. The van der Waals surface area contributed by atoms with E-state index in [0.29, 0.717) is 35.3 Å². The Hall–Kier alpha value is -2.49. The van der Waals surface area contributed by atoms with Crippen LogP contribution in [0.1, 0.15) is 71.3 Å². The molecule has 150 valence electrons. The van der Waals surface area contributed by atoms with Crippen molar-refractivity contribution >= 4 is 17.5 Å². The van der Waals surface area contributed by atoms with Gasteiger partial charge in [-0.2, -0.15) is 0 Å². The lowest BCUT2D eigenvalue weighted by atomic mass is 9.76. The summed E-state index contributed by atoms with van der Waals surface area (Å²) in [4.78, 5) is 37.1. The van der Waals surface area contributed by atoms with Crippen molar-refractivity contribution in [3.8, 4) is 0 Å². The van der Waals surface area contributed by atoms with Crippen LogP contribution in [0, 0.1) is 0 Å². The van der Waals surface area contributed by atoms with Gasteiger partial charge in [-0.3, -0.25) is 14.4 Å². The highest BCUT2D eigenvalue weighted by Gasteiger charge is 2.33. The number of rotatable bonds is 9. The molecule has 0 radical (unpaired) electrons. The minimum Gasteiger partial charge on any atom is -0.466 e. The maximum atomic E-state index is 13.0. The molecule has 0 aliphatic heterocycles. The van der Waals surface area contributed by atoms with Crippen LogP contribution in [0.2, 0.25) is 0 Å². The van der Waals surface area contributed by atoms with Crippen molar-refractivity contribution in [3.05, 3.63) is 58.2 Å². The number of carbonyl (C=O) groups excluding carboxylic acids is 3. The Morgan fingerprint density at radius 3 is 2.18 bits per heavy atom. The summed E-state index contributed by atoms with van der Waals surface area (Å²) in [5.41, 5.74) is 3.34. The molecule has 1 atom stereocenters. The molecule has 0 N–H and O–H groups in total. The molecule has 0 saturated heterocycles. The van der Waals surface area contributed by atoms with E-state index in [-0.39, 0.29) is 23.5 Å². The number of hydrogen-bond donors (Lipinski definition) is 0. The lowest BCUT2D eigenvalue weighted by Gasteiger charge is -2.26. The third-order valence-corrected chi connectivity index (χ3v) is 5.46. The third kappa shape index (κ3) is 5.06. The van der Waals surface area contributed by atoms with Gasteiger partial charge in [0.15, 0.2) is 11.6 Å². The van der Waals surface area contributed by atoms with Gasteiger partial charge in [-0.15, -0.1) is 0 Å². The van der Waals surface area contributed by atoms with E-state index in [1.165, 1.54) is 0 Å². The van der Waals surface area contributed by atoms with Crippen molar-refractivity contribution in [3.63, 3.8) is 0 Å². The highest BCUT2D eigenvalue weighted by atomic mass is 16.5. The highest BCUT2D eigenvalue weighted by Crippen LogP contribution is 2.37. The van der Waals surface area contributed by atoms with E-state index in [2.05, 4.69) is 0 Å². The predicted octanol–water partition coefficient (Wildman–Crippen LogP) is 5.09. The van der Waals surface area contributed by atoms with Gasteiger partial charge in [-0.1, -0.05) is 43.2 Å². The number of ketones is 2. The van der Waals surface area contributed by atoms with Crippen molar-refractivity contribution in [2.75, 3.05) is 6.61 Å². The predicted molar refractivity (Wildman–Crippen MR) is 110 cm³/mol. The van der Waals surface area contributed by atoms with Crippen LogP contribution in [0.5, 0.6) is 0 Å². The first-order chi connectivity index (χ1) is 13.4. The zero-order valence-electron chi connectivity index (χ0n) is 17.3. The Morgan fingerprint density at radius 2 is 1.54 bits per heavy atom. The summed E-state index contributed by atoms with van der Waals surface area (Å²) in [5.74, 6) is -0.321. The molecule has 2 rings (SSSR count). The fraction of sp³-hybridized carbons (Fsp3) is 0.458. The van der Waals surface area contributed by atoms with E-state index >= 15 is 0 Å². The van der Waals surface area contributed by atoms with Crippen LogP contribution >= 0.6 is 0 Å². The molecule has 4 heteroatoms. The Morgan fingerprint density at radius 1 is 0.893 bits per heavy atom. The fourth-order valence-electron chi connectivity index (χ4n) is 3.73. The summed E-state index contributed by atoms with van der Waals surface area (Å²) >= 11 is 0. The summed E-state index contributed by atoms with van der Waals surface area (Å²) in [5, 5.41) is 0. The monoisotopic (exact) mass is 382 g/mol. The second-order valence-electron chi connectivity index (χ2n) is 7.31. The first-order valence-corrected chi connectivity index (χ1v) is 10.1. The van der Waals surface area contributed by atoms with Gasteiger partial charge in [0.1, 0.15) is 0 Å². The molecule has 1 aliphatic carbocycles. The number of esters is 1. The van der Waals surface area contributed by atoms with E-state index in [4.69, 9.17) is 4.74 Å². The molecule has 0 spiro atoms. The molecular weight excluding hydrogens is 352 g/mol. The Labute approximate surface area is 167 Å². The molecule has 28 heavy (non-hydrogen) atoms. The molecule has 0 saturated carbocycles. The zero-order valence-corrected chi connectivity index (χ0v) is 17.3. The van der Waals surface area contributed by atoms with E-state index < -0.39 is 0 Å². The average Bonchev–Trinajstić information content (AvgIpc) is 2.70. The first-order valence-electron chi connectivity index (χ1n) is 10.1. The van der Waals surface area contributed by atoms with Gasteiger partial charge < -0.3 is 4.74 Å². The van der Waals surface area contributed by atoms with Crippen molar-refractivity contribution in [2.45, 2.75) is 65.7 Å². The number of allylic oxidation sites excluding steroid dienone is 4. The van der Waals surface area contributed by atoms with Crippen LogP contribution < -0.4 is 0 Å². The van der Waals surface area contributed by atoms with Gasteiger partial charge in [0, 0.05) is 34.6 Å². The first kappa shape index (κ1) is 21.8. The van der Waals surface area contributed by atoms with Gasteiger partial charge in [0.05, 0.1) is 6.61 Å². The average molecular weight is 383 g/mol. The third-order valence-electron chi connectivity index (χ3n) is 5.46. The van der Waals surface area contributed by atoms with Crippen molar-refractivity contribution in [2.24, 2.45) is 0 Å². The van der Waals surface area contributed by atoms with E-state index in [1.54, 1.807) is 27.7 Å². The van der Waals surface area contributed by atoms with E-state index in [9.17, 15) is 14.4 Å². The number of carbonyl (C=O) groups is 3. The van der Waals surface area contributed by atoms with Crippen molar-refractivity contribution in [1.82, 2.24) is 0 Å². The van der Waals surface area contributed by atoms with Crippen molar-refractivity contribution in [1.29, 1.82) is 0 Å². The van der Waals surface area contributed by atoms with Gasteiger partial charge in [0.25, 0.3) is 0 Å². The minimum absolute atomic E-state index is 0.0185. The number of ether oxygens (including phenoxy) is 1. The summed E-state index contributed by atoms with van der Waals surface area (Å²) in [7, 11) is 0. The molecule has 0 aromatic heterocycles. The number of hydrogen-bond acceptors (Lipinski definition) is 4. The van der Waals surface area contributed by atoms with E-state index in [0.717, 1.165) is 31.2 Å². The normalized spacial score (nSPS) is 15.9. The Bertz CT molecular complexity index is 799. The largest absolute Gasteiger partial charge is 0.466 e. The molecule has 0 heterocycles. The fourth-order valence-corrected chi connectivity index (χ4v) is 3.73. The van der Waals surface area contributed by atoms with Crippen LogP contribution in [0.4, 0.5) is 0 Å². The van der Waals surface area contributed by atoms with Crippen LogP contribution in [-0.4, -0.2) is 24.1 Å². The molecule has 0 amide bonds. The van der Waals surface area contributed by atoms with Crippen LogP contribution in [0.3, 0.4) is 0 Å².